The van der Waals surface area contributed by atoms with Gasteiger partial charge in [-0.15, -0.1) is 11.8 Å². The zero-order chi connectivity index (χ0) is 15.3. The Balaban J connectivity index is 2.06. The van der Waals surface area contributed by atoms with Gasteiger partial charge in [0.15, 0.2) is 0 Å². The Hall–Kier alpha value is -1.17. The van der Waals surface area contributed by atoms with Crippen LogP contribution in [0.1, 0.15) is 11.1 Å². The molecule has 0 aliphatic rings. The van der Waals surface area contributed by atoms with Crippen LogP contribution in [0.3, 0.4) is 0 Å². The number of hydrogen-bond donors (Lipinski definition) is 0. The maximum atomic E-state index is 11.2. The van der Waals surface area contributed by atoms with Crippen LogP contribution in [0.25, 0.3) is 12.2 Å². The van der Waals surface area contributed by atoms with Crippen LogP contribution < -0.4 is 0 Å². The number of thioether (sulfide) groups is 1. The molecule has 2 rings (SSSR count). The lowest BCUT2D eigenvalue weighted by molar-refractivity contribution is 0.615. The van der Waals surface area contributed by atoms with E-state index in [1.807, 2.05) is 36.4 Å². The van der Waals surface area contributed by atoms with Crippen LogP contribution in [-0.4, -0.2) is 20.9 Å². The molecular weight excluding hydrogens is 320 g/mol. The summed E-state index contributed by atoms with van der Waals surface area (Å²) in [5.74, 6) is 0. The van der Waals surface area contributed by atoms with Gasteiger partial charge in [-0.1, -0.05) is 36.4 Å². The lowest BCUT2D eigenvalue weighted by Crippen LogP contribution is -1.87. The van der Waals surface area contributed by atoms with Gasteiger partial charge >= 0.3 is 0 Å². The average molecular weight is 337 g/mol. The van der Waals surface area contributed by atoms with Gasteiger partial charge in [0.05, 0.1) is 0 Å². The lowest BCUT2D eigenvalue weighted by atomic mass is 10.1. The Kier molecular flexibility index (Phi) is 5.56. The molecule has 110 valence electrons. The highest BCUT2D eigenvalue weighted by molar-refractivity contribution is 8.71. The van der Waals surface area contributed by atoms with Crippen LogP contribution in [-0.2, 0) is 8.87 Å². The fourth-order valence-electron chi connectivity index (χ4n) is 1.72. The molecule has 0 aliphatic heterocycles. The third-order valence-electron chi connectivity index (χ3n) is 2.71. The van der Waals surface area contributed by atoms with E-state index in [0.717, 1.165) is 26.8 Å². The Bertz CT molecular complexity index is 715. The first-order valence-corrected chi connectivity index (χ1v) is 10.7. The van der Waals surface area contributed by atoms with E-state index < -0.39 is 8.87 Å². The van der Waals surface area contributed by atoms with Gasteiger partial charge in [0, 0.05) is 26.8 Å². The predicted molar refractivity (Wildman–Crippen MR) is 94.3 cm³/mol. The zero-order valence-corrected chi connectivity index (χ0v) is 14.3. The van der Waals surface area contributed by atoms with Crippen molar-refractivity contribution in [2.75, 3.05) is 12.5 Å². The fraction of sp³-hybridized carbons (Fsp3) is 0.125. The summed E-state index contributed by atoms with van der Waals surface area (Å²) in [6.45, 7) is 0. The van der Waals surface area contributed by atoms with Gasteiger partial charge in [-0.25, -0.2) is 8.42 Å². The SMILES string of the molecule is CSc1ccc(/C=C/c2ccc(SS(C)(=O)=O)cc2)cc1. The molecule has 0 unspecified atom stereocenters. The van der Waals surface area contributed by atoms with E-state index in [-0.39, 0.29) is 0 Å². The Labute approximate surface area is 134 Å². The summed E-state index contributed by atoms with van der Waals surface area (Å²) in [6.07, 6.45) is 7.33. The monoisotopic (exact) mass is 336 g/mol. The molecule has 5 heteroatoms. The second-order valence-electron chi connectivity index (χ2n) is 4.46. The van der Waals surface area contributed by atoms with Crippen LogP contribution in [0.4, 0.5) is 0 Å². The Morgan fingerprint density at radius 3 is 1.62 bits per heavy atom. The summed E-state index contributed by atoms with van der Waals surface area (Å²) in [5, 5.41) is 0. The Morgan fingerprint density at radius 2 is 1.24 bits per heavy atom. The highest BCUT2D eigenvalue weighted by Gasteiger charge is 2.04. The molecule has 0 fully saturated rings. The highest BCUT2D eigenvalue weighted by atomic mass is 33.1. The summed E-state index contributed by atoms with van der Waals surface area (Å²) in [7, 11) is -2.18. The molecule has 0 N–H and O–H groups in total. The maximum Gasteiger partial charge on any atom is 0.203 e. The largest absolute Gasteiger partial charge is 0.217 e. The van der Waals surface area contributed by atoms with Crippen molar-refractivity contribution < 1.29 is 8.42 Å². The smallest absolute Gasteiger partial charge is 0.203 e. The molecule has 0 aliphatic carbocycles. The van der Waals surface area contributed by atoms with Crippen LogP contribution in [0.2, 0.25) is 0 Å². The molecule has 2 aromatic rings. The van der Waals surface area contributed by atoms with Gasteiger partial charge in [-0.3, -0.25) is 0 Å². The maximum absolute atomic E-state index is 11.2. The lowest BCUT2D eigenvalue weighted by Gasteiger charge is -2.00. The van der Waals surface area contributed by atoms with Crippen LogP contribution >= 0.6 is 22.6 Å². The Morgan fingerprint density at radius 1 is 0.810 bits per heavy atom. The summed E-state index contributed by atoms with van der Waals surface area (Å²) in [5.41, 5.74) is 2.18. The molecule has 0 spiro atoms. The van der Waals surface area contributed by atoms with E-state index in [1.54, 1.807) is 11.8 Å². The van der Waals surface area contributed by atoms with Crippen molar-refractivity contribution in [2.24, 2.45) is 0 Å². The minimum Gasteiger partial charge on any atom is -0.217 e. The van der Waals surface area contributed by atoms with Gasteiger partial charge < -0.3 is 0 Å². The average Bonchev–Trinajstić information content (AvgIpc) is 2.45. The zero-order valence-electron chi connectivity index (χ0n) is 11.8. The van der Waals surface area contributed by atoms with Crippen molar-refractivity contribution in [3.63, 3.8) is 0 Å². The molecule has 2 aromatic carbocycles. The molecule has 0 atom stereocenters. The standard InChI is InChI=1S/C16H16O2S3/c1-19-15-9-5-13(6-10-15)3-4-14-7-11-16(12-8-14)20-21(2,17)18/h3-12H,1-2H3/b4-3+. The van der Waals surface area contributed by atoms with Crippen molar-refractivity contribution in [1.29, 1.82) is 0 Å². The minimum absolute atomic E-state index is 0.735. The van der Waals surface area contributed by atoms with Crippen molar-refractivity contribution in [3.8, 4) is 0 Å². The molecule has 0 saturated carbocycles. The van der Waals surface area contributed by atoms with E-state index in [0.29, 0.717) is 0 Å². The predicted octanol–water partition coefficient (Wildman–Crippen LogP) is 4.63. The van der Waals surface area contributed by atoms with E-state index in [4.69, 9.17) is 0 Å². The van der Waals surface area contributed by atoms with Crippen molar-refractivity contribution in [3.05, 3.63) is 59.7 Å². The van der Waals surface area contributed by atoms with Crippen molar-refractivity contribution in [2.45, 2.75) is 9.79 Å². The second kappa shape index (κ2) is 7.20. The molecule has 0 aromatic heterocycles. The van der Waals surface area contributed by atoms with Crippen LogP contribution in [0, 0.1) is 0 Å². The third kappa shape index (κ3) is 5.61. The van der Waals surface area contributed by atoms with Crippen LogP contribution in [0.15, 0.2) is 58.3 Å². The summed E-state index contributed by atoms with van der Waals surface area (Å²) in [6, 6.07) is 15.8. The first kappa shape index (κ1) is 16.2. The summed E-state index contributed by atoms with van der Waals surface area (Å²) >= 11 is 1.72. The van der Waals surface area contributed by atoms with E-state index in [9.17, 15) is 8.42 Å². The van der Waals surface area contributed by atoms with Gasteiger partial charge in [0.2, 0.25) is 8.87 Å². The fourth-order valence-corrected chi connectivity index (χ4v) is 4.10. The first-order valence-electron chi connectivity index (χ1n) is 6.28. The normalized spacial score (nSPS) is 11.9. The number of rotatable bonds is 5. The molecule has 2 nitrogen and oxygen atoms in total. The van der Waals surface area contributed by atoms with E-state index in [1.165, 1.54) is 11.2 Å². The molecular formula is C16H16O2S3. The van der Waals surface area contributed by atoms with Crippen molar-refractivity contribution >= 4 is 43.6 Å². The molecule has 0 heterocycles. The third-order valence-corrected chi connectivity index (χ3v) is 5.71. The quantitative estimate of drug-likeness (QED) is 0.453. The molecule has 0 saturated heterocycles. The van der Waals surface area contributed by atoms with Gasteiger partial charge in [-0.05, 0) is 41.6 Å². The van der Waals surface area contributed by atoms with Gasteiger partial charge in [0.25, 0.3) is 0 Å². The van der Waals surface area contributed by atoms with Crippen molar-refractivity contribution in [1.82, 2.24) is 0 Å². The topological polar surface area (TPSA) is 34.1 Å². The van der Waals surface area contributed by atoms with Gasteiger partial charge in [-0.2, -0.15) is 0 Å². The summed E-state index contributed by atoms with van der Waals surface area (Å²) < 4.78 is 22.4. The minimum atomic E-state index is -3.06. The van der Waals surface area contributed by atoms with E-state index in [2.05, 4.69) is 30.5 Å². The molecule has 21 heavy (non-hydrogen) atoms. The highest BCUT2D eigenvalue weighted by Crippen LogP contribution is 2.24. The second-order valence-corrected chi connectivity index (χ2v) is 9.71. The molecule has 0 bridgehead atoms. The first-order chi connectivity index (χ1) is 9.96. The molecule has 0 amide bonds. The van der Waals surface area contributed by atoms with Gasteiger partial charge in [0.1, 0.15) is 0 Å². The number of benzene rings is 2. The van der Waals surface area contributed by atoms with E-state index >= 15 is 0 Å². The molecule has 0 radical (unpaired) electrons. The summed E-state index contributed by atoms with van der Waals surface area (Å²) in [4.78, 5) is 1.98. The van der Waals surface area contributed by atoms with Crippen LogP contribution in [0.5, 0.6) is 0 Å². The number of hydrogen-bond acceptors (Lipinski definition) is 4.